The van der Waals surface area contributed by atoms with Crippen LogP contribution in [0.4, 0.5) is 10.7 Å². The average Bonchev–Trinajstić information content (AvgIpc) is 2.74. The number of rotatable bonds is 4. The van der Waals surface area contributed by atoms with E-state index in [2.05, 4.69) is 14.9 Å². The molecule has 0 atom stereocenters. The number of hydrogen-bond donors (Lipinski definition) is 0. The smallest absolute Gasteiger partial charge is 0.410 e. The lowest BCUT2D eigenvalue weighted by molar-refractivity contribution is 0.0240. The molecule has 0 radical (unpaired) electrons. The maximum Gasteiger partial charge on any atom is 0.410 e. The lowest BCUT2D eigenvalue weighted by Gasteiger charge is -2.35. The molecule has 1 aliphatic heterocycles. The number of anilines is 1. The first-order valence-electron chi connectivity index (χ1n) is 10.1. The van der Waals surface area contributed by atoms with Gasteiger partial charge in [-0.3, -0.25) is 0 Å². The molecule has 1 aromatic carbocycles. The summed E-state index contributed by atoms with van der Waals surface area (Å²) in [7, 11) is 0. The topological polar surface area (TPSA) is 67.8 Å². The van der Waals surface area contributed by atoms with Gasteiger partial charge in [-0.05, 0) is 26.3 Å². The van der Waals surface area contributed by atoms with E-state index in [4.69, 9.17) is 9.47 Å². The number of amides is 1. The van der Waals surface area contributed by atoms with Crippen LogP contribution in [0.5, 0.6) is 5.75 Å². The number of nitrogens with zero attached hydrogens (tertiary/aromatic N) is 4. The molecule has 0 bridgehead atoms. The maximum atomic E-state index is 12.1. The molecular weight excluding hydrogens is 368 g/mol. The Morgan fingerprint density at radius 2 is 1.59 bits per heavy atom. The summed E-state index contributed by atoms with van der Waals surface area (Å²) in [4.78, 5) is 24.7. The molecule has 1 aromatic heterocycles. The number of hydrogen-bond acceptors (Lipinski definition) is 6. The molecule has 0 spiro atoms. The van der Waals surface area contributed by atoms with Gasteiger partial charge in [-0.25, -0.2) is 14.8 Å². The van der Waals surface area contributed by atoms with Crippen molar-refractivity contribution in [1.29, 1.82) is 0 Å². The van der Waals surface area contributed by atoms with Gasteiger partial charge >= 0.3 is 6.09 Å². The predicted octanol–water partition coefficient (Wildman–Crippen LogP) is 4.14. The van der Waals surface area contributed by atoms with Crippen LogP contribution < -0.4 is 9.64 Å². The zero-order valence-corrected chi connectivity index (χ0v) is 18.1. The molecule has 2 heterocycles. The van der Waals surface area contributed by atoms with Crippen molar-refractivity contribution < 1.29 is 14.3 Å². The summed E-state index contributed by atoms with van der Waals surface area (Å²) in [6, 6.07) is 9.97. The molecule has 1 fully saturated rings. The van der Waals surface area contributed by atoms with E-state index in [0.717, 1.165) is 5.56 Å². The molecule has 1 amide bonds. The first-order chi connectivity index (χ1) is 13.9. The van der Waals surface area contributed by atoms with Gasteiger partial charge < -0.3 is 19.3 Å². The predicted molar refractivity (Wildman–Crippen MR) is 114 cm³/mol. The first-order valence-corrected chi connectivity index (χ1v) is 10.1. The lowest BCUT2D eigenvalue weighted by atomic mass is 10.2. The number of benzene rings is 1. The summed E-state index contributed by atoms with van der Waals surface area (Å²) in [6.07, 6.45) is 3.10. The summed E-state index contributed by atoms with van der Waals surface area (Å²) in [5.41, 5.74) is 0.618. The Labute approximate surface area is 173 Å². The third kappa shape index (κ3) is 7.25. The summed E-state index contributed by atoms with van der Waals surface area (Å²) >= 11 is 0. The third-order valence-corrected chi connectivity index (χ3v) is 4.08. The molecule has 2 aromatic rings. The molecule has 1 saturated heterocycles. The molecule has 0 N–H and O–H groups in total. The highest BCUT2D eigenvalue weighted by Gasteiger charge is 2.26. The van der Waals surface area contributed by atoms with Crippen LogP contribution in [0.1, 0.15) is 40.2 Å². The van der Waals surface area contributed by atoms with Crippen molar-refractivity contribution in [3.8, 4) is 5.75 Å². The Balaban J connectivity index is 0.00000145. The van der Waals surface area contributed by atoms with Crippen LogP contribution in [0.15, 0.2) is 42.7 Å². The molecule has 158 valence electrons. The van der Waals surface area contributed by atoms with Gasteiger partial charge in [0, 0.05) is 26.2 Å². The molecule has 7 heteroatoms. The minimum absolute atomic E-state index is 0.271. The molecule has 0 unspecified atom stereocenters. The van der Waals surface area contributed by atoms with Crippen molar-refractivity contribution in [2.45, 2.75) is 46.8 Å². The molecule has 29 heavy (non-hydrogen) atoms. The zero-order chi connectivity index (χ0) is 21.3. The number of carbonyl (C=O) groups excluding carboxylic acids is 1. The van der Waals surface area contributed by atoms with Crippen molar-refractivity contribution in [2.24, 2.45) is 0 Å². The van der Waals surface area contributed by atoms with Crippen LogP contribution >= 0.6 is 0 Å². The number of piperazine rings is 1. The van der Waals surface area contributed by atoms with Crippen molar-refractivity contribution in [3.05, 3.63) is 48.3 Å². The molecule has 0 saturated carbocycles. The van der Waals surface area contributed by atoms with Crippen molar-refractivity contribution >= 4 is 12.0 Å². The largest absolute Gasteiger partial charge is 0.486 e. The molecule has 1 aliphatic rings. The standard InChI is InChI=1S/C20H26N4O3.C2H6/c1-20(2,3)27-19(25)24-11-9-23(10-12-24)18-21-13-17(14-22-18)26-15-16-7-5-4-6-8-16;1-2/h4-8,13-14H,9-12,15H2,1-3H3;1-2H3. The minimum Gasteiger partial charge on any atom is -0.486 e. The van der Waals surface area contributed by atoms with E-state index in [1.807, 2.05) is 65.0 Å². The van der Waals surface area contributed by atoms with Gasteiger partial charge in [-0.2, -0.15) is 0 Å². The normalized spacial score (nSPS) is 14.0. The summed E-state index contributed by atoms with van der Waals surface area (Å²) in [6.45, 7) is 12.6. The van der Waals surface area contributed by atoms with Crippen molar-refractivity contribution in [2.75, 3.05) is 31.1 Å². The Hall–Kier alpha value is -2.83. The van der Waals surface area contributed by atoms with Gasteiger partial charge in [-0.1, -0.05) is 44.2 Å². The molecule has 0 aliphatic carbocycles. The average molecular weight is 401 g/mol. The van der Waals surface area contributed by atoms with E-state index < -0.39 is 5.60 Å². The zero-order valence-electron chi connectivity index (χ0n) is 18.1. The van der Waals surface area contributed by atoms with E-state index in [0.29, 0.717) is 44.5 Å². The fourth-order valence-corrected chi connectivity index (χ4v) is 2.70. The van der Waals surface area contributed by atoms with Gasteiger partial charge in [-0.15, -0.1) is 0 Å². The summed E-state index contributed by atoms with van der Waals surface area (Å²) in [5.74, 6) is 1.28. The second-order valence-electron chi connectivity index (χ2n) is 7.45. The third-order valence-electron chi connectivity index (χ3n) is 4.08. The molecular formula is C22H32N4O3. The highest BCUT2D eigenvalue weighted by molar-refractivity contribution is 5.68. The van der Waals surface area contributed by atoms with Crippen LogP contribution in [0, 0.1) is 0 Å². The fraction of sp³-hybridized carbons (Fsp3) is 0.500. The number of aromatic nitrogens is 2. The Bertz CT molecular complexity index is 737. The van der Waals surface area contributed by atoms with Crippen molar-refractivity contribution in [1.82, 2.24) is 14.9 Å². The van der Waals surface area contributed by atoms with E-state index >= 15 is 0 Å². The van der Waals surface area contributed by atoms with E-state index in [9.17, 15) is 4.79 Å². The lowest BCUT2D eigenvalue weighted by Crippen LogP contribution is -2.50. The van der Waals surface area contributed by atoms with Crippen LogP contribution in [-0.2, 0) is 11.3 Å². The maximum absolute atomic E-state index is 12.1. The SMILES string of the molecule is CC.CC(C)(C)OC(=O)N1CCN(c2ncc(OCc3ccccc3)cn2)CC1. The molecule has 7 nitrogen and oxygen atoms in total. The summed E-state index contributed by atoms with van der Waals surface area (Å²) < 4.78 is 11.1. The monoisotopic (exact) mass is 400 g/mol. The first kappa shape index (κ1) is 22.5. The van der Waals surface area contributed by atoms with E-state index in [1.54, 1.807) is 17.3 Å². The second-order valence-corrected chi connectivity index (χ2v) is 7.45. The van der Waals surface area contributed by atoms with Crippen molar-refractivity contribution in [3.63, 3.8) is 0 Å². The Morgan fingerprint density at radius 1 is 1.00 bits per heavy atom. The van der Waals surface area contributed by atoms with Gasteiger partial charge in [0.15, 0.2) is 5.75 Å². The number of ether oxygens (including phenoxy) is 2. The Kier molecular flexibility index (Phi) is 8.24. The van der Waals surface area contributed by atoms with E-state index in [-0.39, 0.29) is 6.09 Å². The van der Waals surface area contributed by atoms with Gasteiger partial charge in [0.25, 0.3) is 0 Å². The number of carbonyl (C=O) groups is 1. The minimum atomic E-state index is -0.479. The fourth-order valence-electron chi connectivity index (χ4n) is 2.70. The van der Waals surface area contributed by atoms with Gasteiger partial charge in [0.2, 0.25) is 5.95 Å². The van der Waals surface area contributed by atoms with Crippen LogP contribution in [0.2, 0.25) is 0 Å². The van der Waals surface area contributed by atoms with Crippen LogP contribution in [0.25, 0.3) is 0 Å². The highest BCUT2D eigenvalue weighted by Crippen LogP contribution is 2.17. The molecule has 3 rings (SSSR count). The summed E-state index contributed by atoms with van der Waals surface area (Å²) in [5, 5.41) is 0. The van der Waals surface area contributed by atoms with E-state index in [1.165, 1.54) is 0 Å². The van der Waals surface area contributed by atoms with Crippen LogP contribution in [-0.4, -0.2) is 52.7 Å². The highest BCUT2D eigenvalue weighted by atomic mass is 16.6. The Morgan fingerprint density at radius 3 is 2.14 bits per heavy atom. The van der Waals surface area contributed by atoms with Gasteiger partial charge in [0.05, 0.1) is 12.4 Å². The quantitative estimate of drug-likeness (QED) is 0.768. The van der Waals surface area contributed by atoms with Gasteiger partial charge in [0.1, 0.15) is 12.2 Å². The van der Waals surface area contributed by atoms with Crippen LogP contribution in [0.3, 0.4) is 0 Å². The second kappa shape index (κ2) is 10.6.